The van der Waals surface area contributed by atoms with Crippen molar-refractivity contribution in [2.24, 2.45) is 0 Å². The molecule has 0 saturated carbocycles. The van der Waals surface area contributed by atoms with Crippen molar-refractivity contribution >= 4 is 71.2 Å². The monoisotopic (exact) mass is 788 g/mol. The van der Waals surface area contributed by atoms with Crippen LogP contribution in [0.5, 0.6) is 0 Å². The first-order chi connectivity index (χ1) is 30.8. The number of anilines is 3. The first kappa shape index (κ1) is 35.7. The van der Waals surface area contributed by atoms with E-state index >= 15 is 0 Å². The highest BCUT2D eigenvalue weighted by Gasteiger charge is 2.21. The van der Waals surface area contributed by atoms with E-state index in [9.17, 15) is 0 Å². The normalized spacial score (nSPS) is 11.5. The van der Waals surface area contributed by atoms with Crippen molar-refractivity contribution in [3.8, 4) is 39.1 Å². The van der Waals surface area contributed by atoms with E-state index in [2.05, 4.69) is 252 Å². The minimum Gasteiger partial charge on any atom is -0.310 e. The van der Waals surface area contributed by atoms with Crippen LogP contribution in [0.2, 0.25) is 0 Å². The van der Waals surface area contributed by atoms with Gasteiger partial charge in [-0.3, -0.25) is 0 Å². The van der Waals surface area contributed by atoms with Crippen molar-refractivity contribution in [1.82, 2.24) is 4.57 Å². The first-order valence-corrected chi connectivity index (χ1v) is 21.3. The van der Waals surface area contributed by atoms with Crippen LogP contribution in [0.3, 0.4) is 0 Å². The largest absolute Gasteiger partial charge is 0.310 e. The molecule has 0 aliphatic rings. The Labute approximate surface area is 360 Å². The number of nitrogens with zero attached hydrogens (tertiary/aromatic N) is 2. The molecule has 0 spiro atoms. The van der Waals surface area contributed by atoms with Crippen molar-refractivity contribution in [2.45, 2.75) is 0 Å². The third-order valence-electron chi connectivity index (χ3n) is 12.5. The Bertz CT molecular complexity index is 3620. The topological polar surface area (TPSA) is 8.17 Å². The molecule has 0 aliphatic carbocycles. The van der Waals surface area contributed by atoms with Crippen LogP contribution in [0.25, 0.3) is 93.2 Å². The lowest BCUT2D eigenvalue weighted by Crippen LogP contribution is -2.10. The molecule has 1 aromatic heterocycles. The van der Waals surface area contributed by atoms with E-state index < -0.39 is 0 Å². The third kappa shape index (κ3) is 5.96. The summed E-state index contributed by atoms with van der Waals surface area (Å²) in [5.74, 6) is 0. The molecule has 12 rings (SSSR count). The number of fused-ring (bicyclic) bond motifs is 7. The highest BCUT2D eigenvalue weighted by atomic mass is 15.1. The smallest absolute Gasteiger partial charge is 0.0561 e. The van der Waals surface area contributed by atoms with Gasteiger partial charge < -0.3 is 9.47 Å². The van der Waals surface area contributed by atoms with Crippen molar-refractivity contribution in [3.63, 3.8) is 0 Å². The summed E-state index contributed by atoms with van der Waals surface area (Å²) in [6, 6.07) is 88.6. The minimum atomic E-state index is 1.09. The van der Waals surface area contributed by atoms with Gasteiger partial charge in [0.05, 0.1) is 11.0 Å². The minimum absolute atomic E-state index is 1.09. The van der Waals surface area contributed by atoms with Gasteiger partial charge in [0.2, 0.25) is 0 Å². The molecule has 290 valence electrons. The summed E-state index contributed by atoms with van der Waals surface area (Å²) in [5, 5.41) is 9.90. The number of benzene rings is 11. The van der Waals surface area contributed by atoms with Crippen LogP contribution < -0.4 is 4.90 Å². The molecule has 0 unspecified atom stereocenters. The molecular weight excluding hydrogens is 749 g/mol. The van der Waals surface area contributed by atoms with E-state index in [0.717, 1.165) is 28.3 Å². The molecule has 0 fully saturated rings. The second-order valence-corrected chi connectivity index (χ2v) is 16.1. The molecule has 11 aromatic carbocycles. The lowest BCUT2D eigenvalue weighted by atomic mass is 9.84. The Morgan fingerprint density at radius 3 is 1.55 bits per heavy atom. The van der Waals surface area contributed by atoms with Crippen LogP contribution in [-0.2, 0) is 0 Å². The fourth-order valence-corrected chi connectivity index (χ4v) is 9.72. The Hall–Kier alpha value is -8.20. The lowest BCUT2D eigenvalue weighted by Gasteiger charge is -2.27. The van der Waals surface area contributed by atoms with Crippen LogP contribution in [0, 0.1) is 0 Å². The molecule has 0 N–H and O–H groups in total. The van der Waals surface area contributed by atoms with E-state index in [1.165, 1.54) is 81.9 Å². The highest BCUT2D eigenvalue weighted by molar-refractivity contribution is 6.22. The SMILES string of the molecule is c1ccc(-c2c(-c3ccccc3)c3cc(-c4cccc(N(c5ccc6ccccc6c5)c5ccc6c7ccccc7n(-c7ccccc7)c6c5)c4)ccc3c3ccccc23)cc1. The van der Waals surface area contributed by atoms with E-state index in [1.807, 2.05) is 0 Å². The molecule has 1 heterocycles. The van der Waals surface area contributed by atoms with Gasteiger partial charge in [0.15, 0.2) is 0 Å². The fourth-order valence-electron chi connectivity index (χ4n) is 9.72. The zero-order valence-electron chi connectivity index (χ0n) is 34.0. The van der Waals surface area contributed by atoms with E-state index in [0.29, 0.717) is 0 Å². The number of hydrogen-bond donors (Lipinski definition) is 0. The number of rotatable bonds is 7. The molecule has 0 aliphatic heterocycles. The molecule has 62 heavy (non-hydrogen) atoms. The number of hydrogen-bond acceptors (Lipinski definition) is 1. The van der Waals surface area contributed by atoms with Gasteiger partial charge in [0.25, 0.3) is 0 Å². The average Bonchev–Trinajstić information content (AvgIpc) is 3.68. The number of aromatic nitrogens is 1. The lowest BCUT2D eigenvalue weighted by molar-refractivity contribution is 1.18. The average molecular weight is 789 g/mol. The Balaban J connectivity index is 1.08. The quantitative estimate of drug-likeness (QED) is 0.146. The van der Waals surface area contributed by atoms with Gasteiger partial charge in [-0.1, -0.05) is 182 Å². The molecule has 0 saturated heterocycles. The standard InChI is InChI=1S/C60H40N2/c1-4-18-42(19-5-1)59-55-29-13-12-27-51(55)52-35-32-46(39-56(52)60(59)43-20-6-2-7-21-43)45-23-16-26-48(38-45)61(49-33-31-41-17-10-11-22-44(41)37-49)50-34-36-54-53-28-14-15-30-57(53)62(58(54)40-50)47-24-8-3-9-25-47/h1-40H. The summed E-state index contributed by atoms with van der Waals surface area (Å²) in [7, 11) is 0. The van der Waals surface area contributed by atoms with Crippen molar-refractivity contribution < 1.29 is 0 Å². The summed E-state index contributed by atoms with van der Waals surface area (Å²) in [6.07, 6.45) is 0. The molecule has 0 amide bonds. The summed E-state index contributed by atoms with van der Waals surface area (Å²) in [4.78, 5) is 2.42. The van der Waals surface area contributed by atoms with E-state index in [4.69, 9.17) is 0 Å². The zero-order valence-corrected chi connectivity index (χ0v) is 34.0. The van der Waals surface area contributed by atoms with E-state index in [1.54, 1.807) is 0 Å². The zero-order chi connectivity index (χ0) is 41.0. The van der Waals surface area contributed by atoms with Gasteiger partial charge in [-0.15, -0.1) is 0 Å². The van der Waals surface area contributed by atoms with Gasteiger partial charge >= 0.3 is 0 Å². The summed E-state index contributed by atoms with van der Waals surface area (Å²) >= 11 is 0. The van der Waals surface area contributed by atoms with Crippen LogP contribution in [0.4, 0.5) is 17.1 Å². The predicted octanol–water partition coefficient (Wildman–Crippen LogP) is 16.7. The van der Waals surface area contributed by atoms with Gasteiger partial charge in [-0.25, -0.2) is 0 Å². The second kappa shape index (κ2) is 14.8. The molecule has 0 bridgehead atoms. The number of para-hydroxylation sites is 2. The molecule has 0 atom stereocenters. The maximum atomic E-state index is 2.42. The molecular formula is C60H40N2. The molecule has 2 nitrogen and oxygen atoms in total. The second-order valence-electron chi connectivity index (χ2n) is 16.1. The summed E-state index contributed by atoms with van der Waals surface area (Å²) < 4.78 is 2.40. The Morgan fingerprint density at radius 1 is 0.258 bits per heavy atom. The predicted molar refractivity (Wildman–Crippen MR) is 264 cm³/mol. The van der Waals surface area contributed by atoms with Crippen molar-refractivity contribution in [2.75, 3.05) is 4.90 Å². The maximum absolute atomic E-state index is 2.42. The van der Waals surface area contributed by atoms with Crippen molar-refractivity contribution in [3.05, 3.63) is 243 Å². The van der Waals surface area contributed by atoms with Gasteiger partial charge in [-0.05, 0) is 126 Å². The van der Waals surface area contributed by atoms with E-state index in [-0.39, 0.29) is 0 Å². The fraction of sp³-hybridized carbons (Fsp3) is 0. The van der Waals surface area contributed by atoms with Gasteiger partial charge in [0, 0.05) is 33.5 Å². The Morgan fingerprint density at radius 2 is 0.774 bits per heavy atom. The Kier molecular flexibility index (Phi) is 8.53. The molecule has 12 aromatic rings. The van der Waals surface area contributed by atoms with Gasteiger partial charge in [-0.2, -0.15) is 0 Å². The van der Waals surface area contributed by atoms with Crippen LogP contribution >= 0.6 is 0 Å². The summed E-state index contributed by atoms with van der Waals surface area (Å²) in [6.45, 7) is 0. The van der Waals surface area contributed by atoms with Crippen LogP contribution in [-0.4, -0.2) is 4.57 Å². The molecule has 0 radical (unpaired) electrons. The van der Waals surface area contributed by atoms with Crippen LogP contribution in [0.1, 0.15) is 0 Å². The summed E-state index contributed by atoms with van der Waals surface area (Å²) in [5.41, 5.74) is 14.0. The van der Waals surface area contributed by atoms with Crippen LogP contribution in [0.15, 0.2) is 243 Å². The third-order valence-corrected chi connectivity index (χ3v) is 12.5. The first-order valence-electron chi connectivity index (χ1n) is 21.3. The molecule has 2 heteroatoms. The van der Waals surface area contributed by atoms with Gasteiger partial charge in [0.1, 0.15) is 0 Å². The highest BCUT2D eigenvalue weighted by Crippen LogP contribution is 2.46. The maximum Gasteiger partial charge on any atom is 0.0561 e. The van der Waals surface area contributed by atoms with Crippen molar-refractivity contribution in [1.29, 1.82) is 0 Å².